The summed E-state index contributed by atoms with van der Waals surface area (Å²) < 4.78 is 46.6. The number of ether oxygens (including phenoxy) is 2. The number of anilines is 1. The van der Waals surface area contributed by atoms with Crippen LogP contribution in [0.25, 0.3) is 11.1 Å². The van der Waals surface area contributed by atoms with Gasteiger partial charge in [-0.05, 0) is 18.2 Å². The number of aromatic nitrogens is 1. The number of hydrogen-bond donors (Lipinski definition) is 1. The van der Waals surface area contributed by atoms with E-state index in [2.05, 4.69) is 4.98 Å². The number of pyridine rings is 1. The molecule has 0 amide bonds. The Kier molecular flexibility index (Phi) is 4.21. The number of rotatable bonds is 4. The van der Waals surface area contributed by atoms with Gasteiger partial charge in [0.15, 0.2) is 6.61 Å². The van der Waals surface area contributed by atoms with Gasteiger partial charge in [-0.2, -0.15) is 13.2 Å². The topological polar surface area (TPSA) is 57.4 Å². The Labute approximate surface area is 119 Å². The smallest absolute Gasteiger partial charge is 0.422 e. The summed E-state index contributed by atoms with van der Waals surface area (Å²) in [5.41, 5.74) is 6.99. The van der Waals surface area contributed by atoms with E-state index in [1.165, 1.54) is 19.4 Å². The number of alkyl halides is 3. The van der Waals surface area contributed by atoms with Gasteiger partial charge in [-0.1, -0.05) is 0 Å². The molecule has 0 saturated carbocycles. The number of nitrogens with two attached hydrogens (primary N) is 1. The van der Waals surface area contributed by atoms with E-state index < -0.39 is 12.8 Å². The number of hydrogen-bond acceptors (Lipinski definition) is 4. The Morgan fingerprint density at radius 3 is 2.52 bits per heavy atom. The van der Waals surface area contributed by atoms with E-state index in [4.69, 9.17) is 15.2 Å². The summed E-state index contributed by atoms with van der Waals surface area (Å²) in [7, 11) is 1.48. The fourth-order valence-corrected chi connectivity index (χ4v) is 1.72. The molecule has 1 heterocycles. The van der Waals surface area contributed by atoms with Crippen molar-refractivity contribution in [1.29, 1.82) is 0 Å². The van der Waals surface area contributed by atoms with Crippen molar-refractivity contribution >= 4 is 5.69 Å². The van der Waals surface area contributed by atoms with Crippen LogP contribution in [-0.4, -0.2) is 24.9 Å². The zero-order chi connectivity index (χ0) is 15.5. The minimum Gasteiger partial charge on any atom is -0.483 e. The Balaban J connectivity index is 2.33. The summed E-state index contributed by atoms with van der Waals surface area (Å²) >= 11 is 0. The van der Waals surface area contributed by atoms with Gasteiger partial charge in [-0.25, -0.2) is 4.98 Å². The molecule has 1 aromatic carbocycles. The van der Waals surface area contributed by atoms with E-state index >= 15 is 0 Å². The number of nitrogen functional groups attached to an aromatic ring is 1. The summed E-state index contributed by atoms with van der Waals surface area (Å²) in [6.07, 6.45) is -2.93. The fourth-order valence-electron chi connectivity index (χ4n) is 1.72. The Morgan fingerprint density at radius 2 is 1.95 bits per heavy atom. The Hall–Kier alpha value is -2.44. The molecule has 21 heavy (non-hydrogen) atoms. The van der Waals surface area contributed by atoms with Gasteiger partial charge in [0.2, 0.25) is 5.88 Å². The highest BCUT2D eigenvalue weighted by atomic mass is 19.4. The van der Waals surface area contributed by atoms with Crippen LogP contribution in [0.3, 0.4) is 0 Å². The molecule has 0 fully saturated rings. The molecule has 112 valence electrons. The van der Waals surface area contributed by atoms with Crippen LogP contribution in [0.1, 0.15) is 0 Å². The van der Waals surface area contributed by atoms with Crippen LogP contribution in [0.2, 0.25) is 0 Å². The minimum atomic E-state index is -4.42. The number of nitrogens with zero attached hydrogens (tertiary/aromatic N) is 1. The third-order valence-corrected chi connectivity index (χ3v) is 2.65. The molecule has 4 nitrogen and oxygen atoms in total. The van der Waals surface area contributed by atoms with Gasteiger partial charge >= 0.3 is 6.18 Å². The van der Waals surface area contributed by atoms with Gasteiger partial charge in [0.05, 0.1) is 7.11 Å². The molecular weight excluding hydrogens is 285 g/mol. The van der Waals surface area contributed by atoms with Crippen molar-refractivity contribution in [1.82, 2.24) is 4.98 Å². The van der Waals surface area contributed by atoms with Crippen LogP contribution in [0.5, 0.6) is 11.6 Å². The van der Waals surface area contributed by atoms with Crippen molar-refractivity contribution in [3.8, 4) is 22.8 Å². The van der Waals surface area contributed by atoms with E-state index in [0.717, 1.165) is 0 Å². The second-order valence-electron chi connectivity index (χ2n) is 4.25. The summed E-state index contributed by atoms with van der Waals surface area (Å²) in [6.45, 7) is -1.38. The second kappa shape index (κ2) is 5.90. The summed E-state index contributed by atoms with van der Waals surface area (Å²) in [6, 6.07) is 7.81. The highest BCUT2D eigenvalue weighted by Crippen LogP contribution is 2.33. The fraction of sp³-hybridized carbons (Fsp3) is 0.214. The van der Waals surface area contributed by atoms with Gasteiger partial charge in [-0.15, -0.1) is 0 Å². The first-order valence-corrected chi connectivity index (χ1v) is 5.98. The third kappa shape index (κ3) is 4.01. The average molecular weight is 298 g/mol. The SMILES string of the molecule is COc1ccc(-c2ccc(N)cc2OCC(F)(F)F)cn1. The third-order valence-electron chi connectivity index (χ3n) is 2.65. The van der Waals surface area contributed by atoms with Crippen molar-refractivity contribution in [2.45, 2.75) is 6.18 Å². The van der Waals surface area contributed by atoms with Crippen LogP contribution < -0.4 is 15.2 Å². The predicted octanol–water partition coefficient (Wildman–Crippen LogP) is 3.28. The number of benzene rings is 1. The van der Waals surface area contributed by atoms with Crippen LogP contribution >= 0.6 is 0 Å². The highest BCUT2D eigenvalue weighted by Gasteiger charge is 2.29. The summed E-state index contributed by atoms with van der Waals surface area (Å²) in [4.78, 5) is 4.01. The summed E-state index contributed by atoms with van der Waals surface area (Å²) in [5, 5.41) is 0. The maximum absolute atomic E-state index is 12.3. The van der Waals surface area contributed by atoms with Crippen LogP contribution in [0, 0.1) is 0 Å². The van der Waals surface area contributed by atoms with Gasteiger partial charge < -0.3 is 15.2 Å². The lowest BCUT2D eigenvalue weighted by Gasteiger charge is -2.14. The molecule has 2 N–H and O–H groups in total. The summed E-state index contributed by atoms with van der Waals surface area (Å²) in [5.74, 6) is 0.464. The van der Waals surface area contributed by atoms with Crippen LogP contribution in [-0.2, 0) is 0 Å². The molecule has 0 aliphatic carbocycles. The molecule has 2 rings (SSSR count). The normalized spacial score (nSPS) is 11.2. The van der Waals surface area contributed by atoms with E-state index in [9.17, 15) is 13.2 Å². The standard InChI is InChI=1S/C14H13F3N2O2/c1-20-13-5-2-9(7-19-13)11-4-3-10(18)6-12(11)21-8-14(15,16)17/h2-7H,8,18H2,1H3. The largest absolute Gasteiger partial charge is 0.483 e. The molecule has 0 aliphatic heterocycles. The minimum absolute atomic E-state index is 0.0549. The zero-order valence-electron chi connectivity index (χ0n) is 11.1. The highest BCUT2D eigenvalue weighted by molar-refractivity contribution is 5.72. The molecule has 1 aromatic heterocycles. The molecule has 0 atom stereocenters. The van der Waals surface area contributed by atoms with Crippen LogP contribution in [0.15, 0.2) is 36.5 Å². The molecule has 0 unspecified atom stereocenters. The average Bonchev–Trinajstić information content (AvgIpc) is 2.45. The molecule has 0 spiro atoms. The van der Waals surface area contributed by atoms with Crippen molar-refractivity contribution < 1.29 is 22.6 Å². The van der Waals surface area contributed by atoms with E-state index in [-0.39, 0.29) is 5.75 Å². The first kappa shape index (κ1) is 15.0. The first-order valence-electron chi connectivity index (χ1n) is 5.98. The van der Waals surface area contributed by atoms with E-state index in [1.807, 2.05) is 0 Å². The molecule has 0 radical (unpaired) electrons. The van der Waals surface area contributed by atoms with Crippen molar-refractivity contribution in [3.63, 3.8) is 0 Å². The molecule has 0 aliphatic rings. The molecule has 0 bridgehead atoms. The van der Waals surface area contributed by atoms with Crippen molar-refractivity contribution in [2.75, 3.05) is 19.5 Å². The lowest BCUT2D eigenvalue weighted by atomic mass is 10.1. The number of methoxy groups -OCH3 is 1. The first-order chi connectivity index (χ1) is 9.89. The van der Waals surface area contributed by atoms with Crippen LogP contribution in [0.4, 0.5) is 18.9 Å². The maximum atomic E-state index is 12.3. The molecule has 2 aromatic rings. The lowest BCUT2D eigenvalue weighted by Crippen LogP contribution is -2.19. The molecule has 7 heteroatoms. The Morgan fingerprint density at radius 1 is 1.19 bits per heavy atom. The lowest BCUT2D eigenvalue weighted by molar-refractivity contribution is -0.153. The quantitative estimate of drug-likeness (QED) is 0.880. The van der Waals surface area contributed by atoms with E-state index in [0.29, 0.717) is 22.7 Å². The molecule has 0 saturated heterocycles. The van der Waals surface area contributed by atoms with Crippen molar-refractivity contribution in [3.05, 3.63) is 36.5 Å². The van der Waals surface area contributed by atoms with Gasteiger partial charge in [0.25, 0.3) is 0 Å². The maximum Gasteiger partial charge on any atom is 0.422 e. The van der Waals surface area contributed by atoms with Gasteiger partial charge in [0.1, 0.15) is 5.75 Å². The number of halogens is 3. The Bertz CT molecular complexity index is 613. The predicted molar refractivity (Wildman–Crippen MR) is 72.2 cm³/mol. The van der Waals surface area contributed by atoms with Crippen molar-refractivity contribution in [2.24, 2.45) is 0 Å². The monoisotopic (exact) mass is 298 g/mol. The molecular formula is C14H13F3N2O2. The van der Waals surface area contributed by atoms with Gasteiger partial charge in [0, 0.05) is 35.1 Å². The van der Waals surface area contributed by atoms with E-state index in [1.54, 1.807) is 24.3 Å². The zero-order valence-corrected chi connectivity index (χ0v) is 11.1. The van der Waals surface area contributed by atoms with Gasteiger partial charge in [-0.3, -0.25) is 0 Å². The second-order valence-corrected chi connectivity index (χ2v) is 4.25.